The minimum absolute atomic E-state index is 0.150. The van der Waals surface area contributed by atoms with Crippen LogP contribution in [-0.4, -0.2) is 14.2 Å². The molecular weight excluding hydrogens is 234 g/mol. The van der Waals surface area contributed by atoms with E-state index < -0.39 is 10.0 Å². The lowest BCUT2D eigenvalue weighted by atomic mass is 10.2. The van der Waals surface area contributed by atoms with E-state index in [1.807, 2.05) is 19.1 Å². The van der Waals surface area contributed by atoms with Crippen molar-refractivity contribution in [3.05, 3.63) is 34.9 Å². The molecule has 0 atom stereocenters. The summed E-state index contributed by atoms with van der Waals surface area (Å²) in [6, 6.07) is 7.18. The lowest BCUT2D eigenvalue weighted by Crippen LogP contribution is -2.25. The lowest BCUT2D eigenvalue weighted by molar-refractivity contribution is 0.580. The third kappa shape index (κ3) is 4.20. The van der Waals surface area contributed by atoms with Gasteiger partial charge in [-0.25, -0.2) is 13.1 Å². The molecule has 0 spiro atoms. The van der Waals surface area contributed by atoms with Crippen molar-refractivity contribution in [1.29, 1.82) is 0 Å². The summed E-state index contributed by atoms with van der Waals surface area (Å²) < 4.78 is 25.2. The van der Waals surface area contributed by atoms with E-state index in [0.29, 0.717) is 11.4 Å². The zero-order valence-electron chi connectivity index (χ0n) is 8.53. The second-order valence-electron chi connectivity index (χ2n) is 3.23. The molecule has 3 nitrogen and oxygen atoms in total. The molecule has 0 amide bonds. The minimum Gasteiger partial charge on any atom is -0.212 e. The lowest BCUT2D eigenvalue weighted by Gasteiger charge is -2.06. The Kier molecular flexibility index (Phi) is 4.57. The highest BCUT2D eigenvalue weighted by Crippen LogP contribution is 2.14. The Bertz CT molecular complexity index is 417. The molecule has 1 N–H and O–H groups in total. The molecular formula is C10H14ClNO2S. The van der Waals surface area contributed by atoms with E-state index in [4.69, 9.17) is 11.6 Å². The van der Waals surface area contributed by atoms with Crippen LogP contribution in [-0.2, 0) is 16.6 Å². The van der Waals surface area contributed by atoms with Crippen LogP contribution in [0.4, 0.5) is 0 Å². The first-order valence-electron chi connectivity index (χ1n) is 4.76. The smallest absolute Gasteiger partial charge is 0.211 e. The SMILES string of the molecule is CCCS(=O)(=O)NCc1ccccc1Cl. The monoisotopic (exact) mass is 247 g/mol. The summed E-state index contributed by atoms with van der Waals surface area (Å²) in [5, 5.41) is 0.580. The Morgan fingerprint density at radius 1 is 1.33 bits per heavy atom. The van der Waals surface area contributed by atoms with Crippen molar-refractivity contribution in [2.24, 2.45) is 0 Å². The largest absolute Gasteiger partial charge is 0.212 e. The Morgan fingerprint density at radius 3 is 2.60 bits per heavy atom. The van der Waals surface area contributed by atoms with Crippen LogP contribution < -0.4 is 4.72 Å². The van der Waals surface area contributed by atoms with Crippen molar-refractivity contribution in [3.8, 4) is 0 Å². The average molecular weight is 248 g/mol. The van der Waals surface area contributed by atoms with Gasteiger partial charge in [0.1, 0.15) is 0 Å². The number of rotatable bonds is 5. The first-order valence-corrected chi connectivity index (χ1v) is 6.79. The number of nitrogens with one attached hydrogen (secondary N) is 1. The second kappa shape index (κ2) is 5.49. The Morgan fingerprint density at radius 2 is 2.00 bits per heavy atom. The maximum atomic E-state index is 11.4. The van der Waals surface area contributed by atoms with Gasteiger partial charge in [0.05, 0.1) is 5.75 Å². The zero-order chi connectivity index (χ0) is 11.3. The first-order chi connectivity index (χ1) is 7.05. The van der Waals surface area contributed by atoms with Gasteiger partial charge < -0.3 is 0 Å². The van der Waals surface area contributed by atoms with Gasteiger partial charge in [0, 0.05) is 11.6 Å². The summed E-state index contributed by atoms with van der Waals surface area (Å²) in [6.07, 6.45) is 0.609. The van der Waals surface area contributed by atoms with Crippen LogP contribution >= 0.6 is 11.6 Å². The topological polar surface area (TPSA) is 46.2 Å². The van der Waals surface area contributed by atoms with Gasteiger partial charge in [-0.1, -0.05) is 36.7 Å². The molecule has 15 heavy (non-hydrogen) atoms. The van der Waals surface area contributed by atoms with E-state index >= 15 is 0 Å². The summed E-state index contributed by atoms with van der Waals surface area (Å²) in [6.45, 7) is 2.08. The molecule has 0 fully saturated rings. The normalized spacial score (nSPS) is 11.6. The molecule has 1 aromatic rings. The van der Waals surface area contributed by atoms with E-state index in [1.165, 1.54) is 0 Å². The molecule has 0 saturated carbocycles. The van der Waals surface area contributed by atoms with Crippen LogP contribution in [0.25, 0.3) is 0 Å². The summed E-state index contributed by atoms with van der Waals surface area (Å²) in [7, 11) is -3.16. The van der Waals surface area contributed by atoms with Crippen molar-refractivity contribution >= 4 is 21.6 Å². The van der Waals surface area contributed by atoms with Crippen LogP contribution in [0, 0.1) is 0 Å². The maximum Gasteiger partial charge on any atom is 0.211 e. The standard InChI is InChI=1S/C10H14ClNO2S/c1-2-7-15(13,14)12-8-9-5-3-4-6-10(9)11/h3-6,12H,2,7-8H2,1H3. The van der Waals surface area contributed by atoms with E-state index in [2.05, 4.69) is 4.72 Å². The molecule has 0 aromatic heterocycles. The van der Waals surface area contributed by atoms with E-state index in [9.17, 15) is 8.42 Å². The highest BCUT2D eigenvalue weighted by atomic mass is 35.5. The quantitative estimate of drug-likeness (QED) is 0.867. The molecule has 0 aliphatic heterocycles. The minimum atomic E-state index is -3.16. The van der Waals surface area contributed by atoms with Crippen molar-refractivity contribution in [3.63, 3.8) is 0 Å². The van der Waals surface area contributed by atoms with Crippen LogP contribution in [0.15, 0.2) is 24.3 Å². The molecule has 0 heterocycles. The second-order valence-corrected chi connectivity index (χ2v) is 5.57. The van der Waals surface area contributed by atoms with Gasteiger partial charge in [-0.05, 0) is 18.1 Å². The van der Waals surface area contributed by atoms with E-state index in [1.54, 1.807) is 12.1 Å². The predicted molar refractivity (Wildman–Crippen MR) is 62.4 cm³/mol. The number of halogens is 1. The molecule has 0 saturated heterocycles. The first kappa shape index (κ1) is 12.5. The van der Waals surface area contributed by atoms with Gasteiger partial charge in [0.15, 0.2) is 0 Å². The van der Waals surface area contributed by atoms with Crippen molar-refractivity contribution in [2.75, 3.05) is 5.75 Å². The Hall–Kier alpha value is -0.580. The van der Waals surface area contributed by atoms with Crippen molar-refractivity contribution in [2.45, 2.75) is 19.9 Å². The summed E-state index contributed by atoms with van der Waals surface area (Å²) in [5.41, 5.74) is 0.791. The molecule has 0 aliphatic carbocycles. The van der Waals surface area contributed by atoms with Crippen molar-refractivity contribution < 1.29 is 8.42 Å². The van der Waals surface area contributed by atoms with Gasteiger partial charge in [-0.15, -0.1) is 0 Å². The molecule has 0 aliphatic rings. The fourth-order valence-corrected chi connectivity index (χ4v) is 2.43. The summed E-state index contributed by atoms with van der Waals surface area (Å²) in [4.78, 5) is 0. The van der Waals surface area contributed by atoms with Crippen LogP contribution in [0.1, 0.15) is 18.9 Å². The molecule has 0 unspecified atom stereocenters. The molecule has 5 heteroatoms. The number of hydrogen-bond acceptors (Lipinski definition) is 2. The fraction of sp³-hybridized carbons (Fsp3) is 0.400. The van der Waals surface area contributed by atoms with Crippen LogP contribution in [0.5, 0.6) is 0 Å². The van der Waals surface area contributed by atoms with Crippen molar-refractivity contribution in [1.82, 2.24) is 4.72 Å². The number of hydrogen-bond donors (Lipinski definition) is 1. The predicted octanol–water partition coefficient (Wildman–Crippen LogP) is 2.17. The van der Waals surface area contributed by atoms with E-state index in [-0.39, 0.29) is 12.3 Å². The summed E-state index contributed by atoms with van der Waals surface area (Å²) >= 11 is 5.90. The Balaban J connectivity index is 2.62. The van der Waals surface area contributed by atoms with E-state index in [0.717, 1.165) is 5.56 Å². The van der Waals surface area contributed by atoms with Gasteiger partial charge in [-0.2, -0.15) is 0 Å². The molecule has 0 radical (unpaired) electrons. The number of benzene rings is 1. The molecule has 0 bridgehead atoms. The van der Waals surface area contributed by atoms with Gasteiger partial charge in [0.2, 0.25) is 10.0 Å². The average Bonchev–Trinajstić information content (AvgIpc) is 2.16. The van der Waals surface area contributed by atoms with Gasteiger partial charge >= 0.3 is 0 Å². The third-order valence-corrected chi connectivity index (χ3v) is 3.81. The highest BCUT2D eigenvalue weighted by molar-refractivity contribution is 7.89. The van der Waals surface area contributed by atoms with Gasteiger partial charge in [-0.3, -0.25) is 0 Å². The molecule has 1 aromatic carbocycles. The molecule has 84 valence electrons. The van der Waals surface area contributed by atoms with Crippen LogP contribution in [0.3, 0.4) is 0 Å². The Labute approximate surface area is 95.5 Å². The molecule has 1 rings (SSSR count). The number of sulfonamides is 1. The van der Waals surface area contributed by atoms with Gasteiger partial charge in [0.25, 0.3) is 0 Å². The van der Waals surface area contributed by atoms with Crippen LogP contribution in [0.2, 0.25) is 5.02 Å². The maximum absolute atomic E-state index is 11.4. The summed E-state index contributed by atoms with van der Waals surface area (Å²) in [5.74, 6) is 0.150. The zero-order valence-corrected chi connectivity index (χ0v) is 10.1. The third-order valence-electron chi connectivity index (χ3n) is 1.91. The fourth-order valence-electron chi connectivity index (χ4n) is 1.17. The highest BCUT2D eigenvalue weighted by Gasteiger charge is 2.08.